The third-order valence-electron chi connectivity index (χ3n) is 2.90. The van der Waals surface area contributed by atoms with E-state index in [4.69, 9.17) is 5.11 Å². The molecule has 0 aliphatic heterocycles. The first-order valence-electron chi connectivity index (χ1n) is 5.75. The molecule has 0 saturated heterocycles. The van der Waals surface area contributed by atoms with Crippen LogP contribution in [0.15, 0.2) is 24.4 Å². The Hall–Kier alpha value is -2.17. The summed E-state index contributed by atoms with van der Waals surface area (Å²) in [5, 5.41) is 13.1. The first-order valence-corrected chi connectivity index (χ1v) is 5.75. The lowest BCUT2D eigenvalue weighted by molar-refractivity contribution is -0.136. The lowest BCUT2D eigenvalue weighted by Crippen LogP contribution is -2.00. The van der Waals surface area contributed by atoms with E-state index in [2.05, 4.69) is 10.1 Å². The molecule has 0 aromatic carbocycles. The summed E-state index contributed by atoms with van der Waals surface area (Å²) >= 11 is 0. The third-order valence-corrected chi connectivity index (χ3v) is 2.90. The van der Waals surface area contributed by atoms with Crippen molar-refractivity contribution in [3.8, 4) is 11.3 Å². The Bertz CT molecular complexity index is 561. The molecular formula is C13H15N3O2. The minimum Gasteiger partial charge on any atom is -0.481 e. The van der Waals surface area contributed by atoms with Gasteiger partial charge in [-0.1, -0.05) is 6.07 Å². The third kappa shape index (κ3) is 2.40. The van der Waals surface area contributed by atoms with Crippen LogP contribution in [0.25, 0.3) is 11.3 Å². The van der Waals surface area contributed by atoms with Crippen LogP contribution in [-0.4, -0.2) is 25.8 Å². The van der Waals surface area contributed by atoms with Crippen molar-refractivity contribution in [1.29, 1.82) is 0 Å². The average molecular weight is 245 g/mol. The van der Waals surface area contributed by atoms with Gasteiger partial charge >= 0.3 is 5.97 Å². The zero-order valence-corrected chi connectivity index (χ0v) is 10.4. The predicted molar refractivity (Wildman–Crippen MR) is 67.1 cm³/mol. The molecule has 0 fully saturated rings. The van der Waals surface area contributed by atoms with E-state index in [1.54, 1.807) is 10.9 Å². The molecule has 5 nitrogen and oxygen atoms in total. The second-order valence-corrected chi connectivity index (χ2v) is 4.14. The van der Waals surface area contributed by atoms with Gasteiger partial charge < -0.3 is 5.11 Å². The Morgan fingerprint density at radius 2 is 2.22 bits per heavy atom. The maximum absolute atomic E-state index is 10.7. The molecule has 2 aromatic heterocycles. The van der Waals surface area contributed by atoms with Crippen molar-refractivity contribution in [1.82, 2.24) is 14.8 Å². The Balaban J connectivity index is 2.42. The number of aromatic nitrogens is 3. The SMILES string of the molecule is Cc1c(-c2ccccn2)c(CCC(=O)O)nn1C. The van der Waals surface area contributed by atoms with Gasteiger partial charge in [-0.2, -0.15) is 5.10 Å². The number of pyridine rings is 1. The standard InChI is InChI=1S/C13H15N3O2/c1-9-13(10-5-3-4-8-14-10)11(15-16(9)2)6-7-12(17)18/h3-5,8H,6-7H2,1-2H3,(H,17,18). The first kappa shape index (κ1) is 12.3. The van der Waals surface area contributed by atoms with E-state index in [0.29, 0.717) is 6.42 Å². The van der Waals surface area contributed by atoms with Crippen molar-refractivity contribution in [2.75, 3.05) is 0 Å². The minimum atomic E-state index is -0.815. The number of rotatable bonds is 4. The molecule has 0 amide bonds. The lowest BCUT2D eigenvalue weighted by atomic mass is 10.1. The fraction of sp³-hybridized carbons (Fsp3) is 0.308. The Kier molecular flexibility index (Phi) is 3.41. The van der Waals surface area contributed by atoms with Crippen LogP contribution >= 0.6 is 0 Å². The number of aliphatic carboxylic acids is 1. The van der Waals surface area contributed by atoms with Crippen LogP contribution in [0.2, 0.25) is 0 Å². The number of carbonyl (C=O) groups is 1. The summed E-state index contributed by atoms with van der Waals surface area (Å²) in [5.74, 6) is -0.815. The number of hydrogen-bond acceptors (Lipinski definition) is 3. The van der Waals surface area contributed by atoms with Crippen LogP contribution in [0.4, 0.5) is 0 Å². The van der Waals surface area contributed by atoms with Gasteiger partial charge in [-0.05, 0) is 19.1 Å². The smallest absolute Gasteiger partial charge is 0.303 e. The van der Waals surface area contributed by atoms with Crippen molar-refractivity contribution in [3.05, 3.63) is 35.8 Å². The van der Waals surface area contributed by atoms with Crippen LogP contribution in [0.3, 0.4) is 0 Å². The second kappa shape index (κ2) is 5.00. The van der Waals surface area contributed by atoms with Gasteiger partial charge in [0.15, 0.2) is 0 Å². The van der Waals surface area contributed by atoms with Crippen LogP contribution in [0, 0.1) is 6.92 Å². The Morgan fingerprint density at radius 1 is 1.44 bits per heavy atom. The lowest BCUT2D eigenvalue weighted by Gasteiger charge is -2.02. The molecule has 0 unspecified atom stereocenters. The summed E-state index contributed by atoms with van der Waals surface area (Å²) < 4.78 is 1.77. The fourth-order valence-corrected chi connectivity index (χ4v) is 1.92. The van der Waals surface area contributed by atoms with Gasteiger partial charge in [-0.15, -0.1) is 0 Å². The maximum atomic E-state index is 10.7. The molecule has 18 heavy (non-hydrogen) atoms. The number of hydrogen-bond donors (Lipinski definition) is 1. The molecule has 0 atom stereocenters. The summed E-state index contributed by atoms with van der Waals surface area (Å²) in [6.07, 6.45) is 2.22. The van der Waals surface area contributed by atoms with Gasteiger partial charge in [0.25, 0.3) is 0 Å². The zero-order chi connectivity index (χ0) is 13.1. The molecule has 94 valence electrons. The second-order valence-electron chi connectivity index (χ2n) is 4.14. The molecule has 2 rings (SSSR count). The molecular weight excluding hydrogens is 230 g/mol. The van der Waals surface area contributed by atoms with E-state index in [0.717, 1.165) is 22.6 Å². The average Bonchev–Trinajstić information content (AvgIpc) is 2.64. The van der Waals surface area contributed by atoms with Crippen molar-refractivity contribution >= 4 is 5.97 Å². The summed E-state index contributed by atoms with van der Waals surface area (Å²) in [6.45, 7) is 1.96. The highest BCUT2D eigenvalue weighted by molar-refractivity contribution is 5.69. The normalized spacial score (nSPS) is 10.6. The number of carboxylic acids is 1. The summed E-state index contributed by atoms with van der Waals surface area (Å²) in [6, 6.07) is 5.68. The van der Waals surface area contributed by atoms with Gasteiger partial charge in [-0.25, -0.2) is 0 Å². The molecule has 5 heteroatoms. The van der Waals surface area contributed by atoms with E-state index >= 15 is 0 Å². The van der Waals surface area contributed by atoms with Crippen molar-refractivity contribution in [2.45, 2.75) is 19.8 Å². The van der Waals surface area contributed by atoms with Gasteiger partial charge in [-0.3, -0.25) is 14.5 Å². The minimum absolute atomic E-state index is 0.0796. The molecule has 0 aliphatic rings. The van der Waals surface area contributed by atoms with Crippen molar-refractivity contribution in [3.63, 3.8) is 0 Å². The molecule has 0 bridgehead atoms. The van der Waals surface area contributed by atoms with E-state index in [1.165, 1.54) is 0 Å². The topological polar surface area (TPSA) is 68.0 Å². The highest BCUT2D eigenvalue weighted by Crippen LogP contribution is 2.25. The molecule has 1 N–H and O–H groups in total. The number of carboxylic acid groups (broad SMARTS) is 1. The summed E-state index contributed by atoms with van der Waals surface area (Å²) in [4.78, 5) is 15.0. The van der Waals surface area contributed by atoms with Gasteiger partial charge in [0.05, 0.1) is 17.8 Å². The van der Waals surface area contributed by atoms with Crippen LogP contribution in [0.5, 0.6) is 0 Å². The van der Waals surface area contributed by atoms with E-state index in [9.17, 15) is 4.79 Å². The van der Waals surface area contributed by atoms with Crippen molar-refractivity contribution in [2.24, 2.45) is 7.05 Å². The van der Waals surface area contributed by atoms with Crippen LogP contribution < -0.4 is 0 Å². The number of nitrogens with zero attached hydrogens (tertiary/aromatic N) is 3. The Labute approximate surface area is 105 Å². The quantitative estimate of drug-likeness (QED) is 0.892. The van der Waals surface area contributed by atoms with E-state index in [1.807, 2.05) is 32.2 Å². The highest BCUT2D eigenvalue weighted by Gasteiger charge is 2.16. The fourth-order valence-electron chi connectivity index (χ4n) is 1.92. The van der Waals surface area contributed by atoms with E-state index < -0.39 is 5.97 Å². The van der Waals surface area contributed by atoms with Gasteiger partial charge in [0.1, 0.15) is 0 Å². The van der Waals surface area contributed by atoms with E-state index in [-0.39, 0.29) is 6.42 Å². The maximum Gasteiger partial charge on any atom is 0.303 e. The number of aryl methyl sites for hydroxylation is 2. The Morgan fingerprint density at radius 3 is 2.83 bits per heavy atom. The monoisotopic (exact) mass is 245 g/mol. The summed E-state index contributed by atoms with van der Waals surface area (Å²) in [5.41, 5.74) is 3.56. The van der Waals surface area contributed by atoms with Gasteiger partial charge in [0, 0.05) is 30.9 Å². The molecule has 2 heterocycles. The molecule has 0 spiro atoms. The first-order chi connectivity index (χ1) is 8.59. The highest BCUT2D eigenvalue weighted by atomic mass is 16.4. The zero-order valence-electron chi connectivity index (χ0n) is 10.4. The predicted octanol–water partition coefficient (Wildman–Crippen LogP) is 1.81. The van der Waals surface area contributed by atoms with Gasteiger partial charge in [0.2, 0.25) is 0 Å². The van der Waals surface area contributed by atoms with Crippen molar-refractivity contribution < 1.29 is 9.90 Å². The largest absolute Gasteiger partial charge is 0.481 e. The molecule has 2 aromatic rings. The summed E-state index contributed by atoms with van der Waals surface area (Å²) in [7, 11) is 1.85. The van der Waals surface area contributed by atoms with Crippen LogP contribution in [-0.2, 0) is 18.3 Å². The molecule has 0 aliphatic carbocycles. The van der Waals surface area contributed by atoms with Crippen LogP contribution in [0.1, 0.15) is 17.8 Å². The molecule has 0 radical (unpaired) electrons. The molecule has 0 saturated carbocycles.